The molecule has 1 rings (SSSR count). The Hall–Kier alpha value is -1.07. The van der Waals surface area contributed by atoms with Crippen molar-refractivity contribution in [3.05, 3.63) is 16.4 Å². The molecule has 0 saturated carbocycles. The average Bonchev–Trinajstić information content (AvgIpc) is 2.38. The van der Waals surface area contributed by atoms with Crippen molar-refractivity contribution < 1.29 is 9.90 Å². The van der Waals surface area contributed by atoms with Crippen LogP contribution in [0.4, 0.5) is 0 Å². The first-order valence-corrected chi connectivity index (χ1v) is 4.95. The highest BCUT2D eigenvalue weighted by Gasteiger charge is 2.14. The fourth-order valence-corrected chi connectivity index (χ4v) is 1.44. The Kier molecular flexibility index (Phi) is 3.71. The molecular weight excluding hydrogens is 218 g/mol. The van der Waals surface area contributed by atoms with Crippen molar-refractivity contribution in [3.8, 4) is 0 Å². The molecule has 2 N–H and O–H groups in total. The zero-order chi connectivity index (χ0) is 11.6. The summed E-state index contributed by atoms with van der Waals surface area (Å²) in [7, 11) is 1.78. The molecule has 0 amide bonds. The Balaban J connectivity index is 2.69. The summed E-state index contributed by atoms with van der Waals surface area (Å²) in [5.74, 6) is -0.884. The molecule has 0 saturated heterocycles. The quantitative estimate of drug-likeness (QED) is 0.810. The van der Waals surface area contributed by atoms with E-state index in [2.05, 4.69) is 10.4 Å². The lowest BCUT2D eigenvalue weighted by Crippen LogP contribution is -2.33. The van der Waals surface area contributed by atoms with Crippen LogP contribution in [0.15, 0.2) is 0 Å². The molecule has 0 aliphatic carbocycles. The van der Waals surface area contributed by atoms with Crippen molar-refractivity contribution in [1.82, 2.24) is 15.1 Å². The van der Waals surface area contributed by atoms with E-state index in [1.165, 1.54) is 0 Å². The van der Waals surface area contributed by atoms with Gasteiger partial charge in [0.2, 0.25) is 0 Å². The Bertz CT molecular complexity index is 376. The van der Waals surface area contributed by atoms with Gasteiger partial charge in [0.1, 0.15) is 6.04 Å². The number of halogens is 1. The number of aromatic nitrogens is 2. The lowest BCUT2D eigenvalue weighted by molar-refractivity contribution is -0.139. The van der Waals surface area contributed by atoms with Crippen LogP contribution in [0.1, 0.15) is 18.3 Å². The first-order valence-electron chi connectivity index (χ1n) is 4.57. The molecule has 1 heterocycles. The number of nitrogens with one attached hydrogen (secondary N) is 1. The second-order valence-electron chi connectivity index (χ2n) is 3.41. The molecule has 0 radical (unpaired) electrons. The summed E-state index contributed by atoms with van der Waals surface area (Å²) in [4.78, 5) is 10.6. The molecule has 0 aromatic carbocycles. The number of aliphatic carboxylic acids is 1. The van der Waals surface area contributed by atoms with Crippen LogP contribution in [0.5, 0.6) is 0 Å². The Morgan fingerprint density at radius 1 is 1.73 bits per heavy atom. The first-order chi connectivity index (χ1) is 6.93. The molecule has 0 bridgehead atoms. The molecule has 15 heavy (non-hydrogen) atoms. The van der Waals surface area contributed by atoms with Gasteiger partial charge in [-0.15, -0.1) is 0 Å². The van der Waals surface area contributed by atoms with Crippen LogP contribution in [0.2, 0.25) is 5.02 Å². The SMILES string of the molecule is Cc1nn(C)c(CNC(C)C(=O)O)c1Cl. The van der Waals surface area contributed by atoms with E-state index in [1.54, 1.807) is 18.7 Å². The Morgan fingerprint density at radius 3 is 2.73 bits per heavy atom. The van der Waals surface area contributed by atoms with Crippen LogP contribution in [-0.4, -0.2) is 26.9 Å². The summed E-state index contributed by atoms with van der Waals surface area (Å²) in [5.41, 5.74) is 1.54. The van der Waals surface area contributed by atoms with Crippen LogP contribution in [0, 0.1) is 6.92 Å². The molecule has 1 aromatic rings. The predicted octanol–water partition coefficient (Wildman–Crippen LogP) is 0.945. The van der Waals surface area contributed by atoms with Gasteiger partial charge in [-0.2, -0.15) is 5.10 Å². The van der Waals surface area contributed by atoms with Gasteiger partial charge < -0.3 is 5.11 Å². The smallest absolute Gasteiger partial charge is 0.320 e. The summed E-state index contributed by atoms with van der Waals surface area (Å²) >= 11 is 6.01. The van der Waals surface area contributed by atoms with Gasteiger partial charge in [-0.25, -0.2) is 0 Å². The number of carboxylic acids is 1. The summed E-state index contributed by atoms with van der Waals surface area (Å²) in [6, 6.07) is -0.601. The minimum absolute atomic E-state index is 0.393. The van der Waals surface area contributed by atoms with Crippen molar-refractivity contribution in [2.75, 3.05) is 0 Å². The van der Waals surface area contributed by atoms with E-state index >= 15 is 0 Å². The molecule has 1 aromatic heterocycles. The molecule has 1 atom stereocenters. The van der Waals surface area contributed by atoms with Crippen molar-refractivity contribution in [3.63, 3.8) is 0 Å². The van der Waals surface area contributed by atoms with E-state index in [0.29, 0.717) is 11.6 Å². The second kappa shape index (κ2) is 4.63. The number of hydrogen-bond donors (Lipinski definition) is 2. The highest BCUT2D eigenvalue weighted by atomic mass is 35.5. The summed E-state index contributed by atoms with van der Waals surface area (Å²) in [6.45, 7) is 3.79. The molecule has 0 aliphatic heterocycles. The lowest BCUT2D eigenvalue weighted by Gasteiger charge is -2.09. The molecule has 0 fully saturated rings. The van der Waals surface area contributed by atoms with Gasteiger partial charge in [0, 0.05) is 13.6 Å². The fraction of sp³-hybridized carbons (Fsp3) is 0.556. The third-order valence-electron chi connectivity index (χ3n) is 2.21. The number of carbonyl (C=O) groups is 1. The van der Waals surface area contributed by atoms with Gasteiger partial charge in [0.15, 0.2) is 0 Å². The van der Waals surface area contributed by atoms with E-state index in [-0.39, 0.29) is 0 Å². The molecule has 84 valence electrons. The topological polar surface area (TPSA) is 67.2 Å². The van der Waals surface area contributed by atoms with Gasteiger partial charge in [-0.3, -0.25) is 14.8 Å². The number of aryl methyl sites for hydroxylation is 2. The van der Waals surface area contributed by atoms with E-state index in [9.17, 15) is 4.79 Å². The highest BCUT2D eigenvalue weighted by molar-refractivity contribution is 6.31. The van der Waals surface area contributed by atoms with Crippen molar-refractivity contribution in [2.24, 2.45) is 7.05 Å². The second-order valence-corrected chi connectivity index (χ2v) is 3.79. The number of nitrogens with zero attached hydrogens (tertiary/aromatic N) is 2. The Labute approximate surface area is 93.0 Å². The van der Waals surface area contributed by atoms with Gasteiger partial charge in [-0.05, 0) is 13.8 Å². The fourth-order valence-electron chi connectivity index (χ4n) is 1.21. The molecule has 0 aliphatic rings. The average molecular weight is 232 g/mol. The van der Waals surface area contributed by atoms with Crippen LogP contribution in [0.25, 0.3) is 0 Å². The zero-order valence-electron chi connectivity index (χ0n) is 8.91. The van der Waals surface area contributed by atoms with E-state index in [0.717, 1.165) is 11.4 Å². The molecular formula is C9H14ClN3O2. The Morgan fingerprint density at radius 2 is 2.33 bits per heavy atom. The van der Waals surface area contributed by atoms with Crippen LogP contribution in [-0.2, 0) is 18.4 Å². The van der Waals surface area contributed by atoms with E-state index < -0.39 is 12.0 Å². The van der Waals surface area contributed by atoms with Gasteiger partial charge in [0.25, 0.3) is 0 Å². The number of rotatable bonds is 4. The first kappa shape index (κ1) is 12.0. The van der Waals surface area contributed by atoms with Crippen molar-refractivity contribution in [1.29, 1.82) is 0 Å². The lowest BCUT2D eigenvalue weighted by atomic mass is 10.3. The van der Waals surface area contributed by atoms with Gasteiger partial charge >= 0.3 is 5.97 Å². The third-order valence-corrected chi connectivity index (χ3v) is 2.70. The van der Waals surface area contributed by atoms with Crippen LogP contribution < -0.4 is 5.32 Å². The normalized spacial score (nSPS) is 12.8. The van der Waals surface area contributed by atoms with E-state index in [4.69, 9.17) is 16.7 Å². The predicted molar refractivity (Wildman–Crippen MR) is 56.9 cm³/mol. The maximum Gasteiger partial charge on any atom is 0.320 e. The third kappa shape index (κ3) is 2.70. The van der Waals surface area contributed by atoms with Crippen LogP contribution in [0.3, 0.4) is 0 Å². The molecule has 1 unspecified atom stereocenters. The minimum atomic E-state index is -0.884. The molecule has 6 heteroatoms. The zero-order valence-corrected chi connectivity index (χ0v) is 9.67. The summed E-state index contributed by atoms with van der Waals surface area (Å²) in [5, 5.41) is 16.3. The van der Waals surface area contributed by atoms with Crippen molar-refractivity contribution in [2.45, 2.75) is 26.4 Å². The monoisotopic (exact) mass is 231 g/mol. The summed E-state index contributed by atoms with van der Waals surface area (Å²) < 4.78 is 1.65. The van der Waals surface area contributed by atoms with E-state index in [1.807, 2.05) is 6.92 Å². The molecule has 5 nitrogen and oxygen atoms in total. The number of carboxylic acid groups (broad SMARTS) is 1. The number of hydrogen-bond acceptors (Lipinski definition) is 3. The van der Waals surface area contributed by atoms with Crippen molar-refractivity contribution >= 4 is 17.6 Å². The maximum atomic E-state index is 10.6. The standard InChI is InChI=1S/C9H14ClN3O2/c1-5-8(10)7(13(3)12-5)4-11-6(2)9(14)15/h6,11H,4H2,1-3H3,(H,14,15). The van der Waals surface area contributed by atoms with Gasteiger partial charge in [-0.1, -0.05) is 11.6 Å². The van der Waals surface area contributed by atoms with Gasteiger partial charge in [0.05, 0.1) is 16.4 Å². The highest BCUT2D eigenvalue weighted by Crippen LogP contribution is 2.18. The minimum Gasteiger partial charge on any atom is -0.480 e. The van der Waals surface area contributed by atoms with Crippen LogP contribution >= 0.6 is 11.6 Å². The summed E-state index contributed by atoms with van der Waals surface area (Å²) in [6.07, 6.45) is 0. The largest absolute Gasteiger partial charge is 0.480 e. The molecule has 0 spiro atoms. The maximum absolute atomic E-state index is 10.6.